The minimum Gasteiger partial charge on any atom is -0.387 e. The van der Waals surface area contributed by atoms with Gasteiger partial charge in [-0.15, -0.1) is 0 Å². The van der Waals surface area contributed by atoms with E-state index < -0.39 is 6.10 Å². The highest BCUT2D eigenvalue weighted by atomic mass is 16.3. The molecule has 2 unspecified atom stereocenters. The number of nitrogens with zero attached hydrogens (tertiary/aromatic N) is 2. The molecule has 2 N–H and O–H groups in total. The van der Waals surface area contributed by atoms with Crippen LogP contribution in [0.1, 0.15) is 35.9 Å². The zero-order valence-electron chi connectivity index (χ0n) is 11.2. The van der Waals surface area contributed by atoms with Crippen molar-refractivity contribution in [2.75, 3.05) is 6.54 Å². The van der Waals surface area contributed by atoms with Gasteiger partial charge >= 0.3 is 0 Å². The zero-order chi connectivity index (χ0) is 13.7. The van der Waals surface area contributed by atoms with E-state index in [9.17, 15) is 5.11 Å². The monoisotopic (exact) mass is 257 g/mol. The zero-order valence-corrected chi connectivity index (χ0v) is 11.2. The van der Waals surface area contributed by atoms with Crippen molar-refractivity contribution >= 4 is 0 Å². The minimum atomic E-state index is -0.515. The second-order valence-corrected chi connectivity index (χ2v) is 4.69. The van der Waals surface area contributed by atoms with Crippen molar-refractivity contribution in [3.8, 4) is 0 Å². The van der Waals surface area contributed by atoms with Gasteiger partial charge < -0.3 is 10.4 Å². The van der Waals surface area contributed by atoms with Gasteiger partial charge in [-0.3, -0.25) is 9.97 Å². The fraction of sp³-hybridized carbons (Fsp3) is 0.333. The number of rotatable bonds is 5. The molecule has 0 saturated heterocycles. The third-order valence-corrected chi connectivity index (χ3v) is 3.07. The van der Waals surface area contributed by atoms with Gasteiger partial charge in [0.15, 0.2) is 0 Å². The van der Waals surface area contributed by atoms with Gasteiger partial charge in [0.2, 0.25) is 0 Å². The smallest absolute Gasteiger partial charge is 0.0914 e. The van der Waals surface area contributed by atoms with Gasteiger partial charge in [-0.2, -0.15) is 0 Å². The van der Waals surface area contributed by atoms with Crippen LogP contribution in [0.15, 0.2) is 42.9 Å². The molecule has 2 atom stereocenters. The molecule has 0 fully saturated rings. The van der Waals surface area contributed by atoms with Crippen LogP contribution >= 0.6 is 0 Å². The standard InChI is InChI=1S/C15H19N3O/c1-11-4-3-5-13(8-11)15(19)10-18-12(2)14-9-16-6-7-17-14/h3-9,12,15,18-19H,10H2,1-2H3. The van der Waals surface area contributed by atoms with E-state index in [0.717, 1.165) is 16.8 Å². The van der Waals surface area contributed by atoms with Gasteiger partial charge in [0.05, 0.1) is 11.8 Å². The molecule has 0 bridgehead atoms. The van der Waals surface area contributed by atoms with E-state index in [4.69, 9.17) is 0 Å². The summed E-state index contributed by atoms with van der Waals surface area (Å²) < 4.78 is 0. The Morgan fingerprint density at radius 2 is 2.16 bits per heavy atom. The average molecular weight is 257 g/mol. The van der Waals surface area contributed by atoms with Crippen LogP contribution in [-0.4, -0.2) is 21.6 Å². The molecule has 1 aromatic carbocycles. The summed E-state index contributed by atoms with van der Waals surface area (Å²) in [5.74, 6) is 0. The molecule has 0 saturated carbocycles. The first-order valence-corrected chi connectivity index (χ1v) is 6.40. The van der Waals surface area contributed by atoms with Crippen molar-refractivity contribution in [2.24, 2.45) is 0 Å². The molecule has 0 aliphatic heterocycles. The summed E-state index contributed by atoms with van der Waals surface area (Å²) in [5, 5.41) is 13.4. The predicted octanol–water partition coefficient (Wildman–Crippen LogP) is 2.17. The number of aromatic nitrogens is 2. The Kier molecular flexibility index (Phi) is 4.60. The Morgan fingerprint density at radius 1 is 1.32 bits per heavy atom. The maximum Gasteiger partial charge on any atom is 0.0914 e. The van der Waals surface area contributed by atoms with E-state index in [1.807, 2.05) is 38.1 Å². The first-order valence-electron chi connectivity index (χ1n) is 6.40. The lowest BCUT2D eigenvalue weighted by molar-refractivity contribution is 0.170. The van der Waals surface area contributed by atoms with Crippen molar-refractivity contribution in [3.63, 3.8) is 0 Å². The number of benzene rings is 1. The van der Waals surface area contributed by atoms with Crippen molar-refractivity contribution in [1.29, 1.82) is 0 Å². The minimum absolute atomic E-state index is 0.0631. The van der Waals surface area contributed by atoms with Gasteiger partial charge in [-0.1, -0.05) is 29.8 Å². The largest absolute Gasteiger partial charge is 0.387 e. The molecule has 0 amide bonds. The Morgan fingerprint density at radius 3 is 2.84 bits per heavy atom. The lowest BCUT2D eigenvalue weighted by Gasteiger charge is -2.17. The number of aliphatic hydroxyl groups excluding tert-OH is 1. The van der Waals surface area contributed by atoms with Crippen LogP contribution < -0.4 is 5.32 Å². The predicted molar refractivity (Wildman–Crippen MR) is 74.6 cm³/mol. The number of hydrogen-bond acceptors (Lipinski definition) is 4. The first kappa shape index (κ1) is 13.6. The van der Waals surface area contributed by atoms with Crippen LogP contribution in [0.5, 0.6) is 0 Å². The first-order chi connectivity index (χ1) is 9.16. The molecular formula is C15H19N3O. The molecule has 19 heavy (non-hydrogen) atoms. The average Bonchev–Trinajstić information content (AvgIpc) is 2.45. The third-order valence-electron chi connectivity index (χ3n) is 3.07. The topological polar surface area (TPSA) is 58.0 Å². The van der Waals surface area contributed by atoms with Gasteiger partial charge in [0.1, 0.15) is 0 Å². The second-order valence-electron chi connectivity index (χ2n) is 4.69. The molecule has 4 nitrogen and oxygen atoms in total. The third kappa shape index (κ3) is 3.84. The van der Waals surface area contributed by atoms with Crippen LogP contribution in [0, 0.1) is 6.92 Å². The van der Waals surface area contributed by atoms with Crippen LogP contribution in [0.3, 0.4) is 0 Å². The molecule has 0 spiro atoms. The summed E-state index contributed by atoms with van der Waals surface area (Å²) in [6.45, 7) is 4.51. The SMILES string of the molecule is Cc1cccc(C(O)CNC(C)c2cnccn2)c1. The summed E-state index contributed by atoms with van der Waals surface area (Å²) in [6.07, 6.45) is 4.54. The van der Waals surface area contributed by atoms with Gasteiger partial charge in [0.25, 0.3) is 0 Å². The van der Waals surface area contributed by atoms with Crippen molar-refractivity contribution in [3.05, 3.63) is 59.7 Å². The van der Waals surface area contributed by atoms with Crippen molar-refractivity contribution < 1.29 is 5.11 Å². The van der Waals surface area contributed by atoms with E-state index in [-0.39, 0.29) is 6.04 Å². The fourth-order valence-corrected chi connectivity index (χ4v) is 1.92. The Bertz CT molecular complexity index is 516. The number of nitrogens with one attached hydrogen (secondary N) is 1. The van der Waals surface area contributed by atoms with Crippen LogP contribution in [0.25, 0.3) is 0 Å². The molecule has 1 aromatic heterocycles. The van der Waals surface area contributed by atoms with E-state index in [1.54, 1.807) is 18.6 Å². The summed E-state index contributed by atoms with van der Waals surface area (Å²) in [4.78, 5) is 8.27. The summed E-state index contributed by atoms with van der Waals surface area (Å²) in [6, 6.07) is 7.98. The molecule has 0 radical (unpaired) electrons. The lowest BCUT2D eigenvalue weighted by atomic mass is 10.1. The van der Waals surface area contributed by atoms with Crippen LogP contribution in [0.4, 0.5) is 0 Å². The highest BCUT2D eigenvalue weighted by molar-refractivity contribution is 5.24. The van der Waals surface area contributed by atoms with E-state index in [0.29, 0.717) is 6.54 Å². The van der Waals surface area contributed by atoms with Crippen LogP contribution in [-0.2, 0) is 0 Å². The van der Waals surface area contributed by atoms with Crippen molar-refractivity contribution in [2.45, 2.75) is 26.0 Å². The summed E-state index contributed by atoms with van der Waals surface area (Å²) in [5.41, 5.74) is 2.95. The van der Waals surface area contributed by atoms with Gasteiger partial charge in [-0.25, -0.2) is 0 Å². The molecule has 0 aliphatic rings. The highest BCUT2D eigenvalue weighted by Crippen LogP contribution is 2.15. The van der Waals surface area contributed by atoms with Gasteiger partial charge in [-0.05, 0) is 19.4 Å². The molecule has 2 rings (SSSR count). The molecular weight excluding hydrogens is 238 g/mol. The van der Waals surface area contributed by atoms with Gasteiger partial charge in [0, 0.05) is 31.2 Å². The normalized spacial score (nSPS) is 14.1. The molecule has 4 heteroatoms. The highest BCUT2D eigenvalue weighted by Gasteiger charge is 2.11. The summed E-state index contributed by atoms with van der Waals surface area (Å²) >= 11 is 0. The van der Waals surface area contributed by atoms with Crippen LogP contribution in [0.2, 0.25) is 0 Å². The number of aliphatic hydroxyl groups is 1. The molecule has 2 aromatic rings. The maximum atomic E-state index is 10.1. The van der Waals surface area contributed by atoms with E-state index in [1.165, 1.54) is 0 Å². The molecule has 1 heterocycles. The van der Waals surface area contributed by atoms with Crippen molar-refractivity contribution in [1.82, 2.24) is 15.3 Å². The molecule has 0 aliphatic carbocycles. The van der Waals surface area contributed by atoms with E-state index in [2.05, 4.69) is 15.3 Å². The lowest BCUT2D eigenvalue weighted by Crippen LogP contribution is -2.25. The number of aryl methyl sites for hydroxylation is 1. The Hall–Kier alpha value is -1.78. The maximum absolute atomic E-state index is 10.1. The Labute approximate surface area is 113 Å². The molecule has 100 valence electrons. The fourth-order valence-electron chi connectivity index (χ4n) is 1.92. The Balaban J connectivity index is 1.92. The summed E-state index contributed by atoms with van der Waals surface area (Å²) in [7, 11) is 0. The number of hydrogen-bond donors (Lipinski definition) is 2. The second kappa shape index (κ2) is 6.41. The quantitative estimate of drug-likeness (QED) is 0.862. The van der Waals surface area contributed by atoms with E-state index >= 15 is 0 Å².